The Morgan fingerprint density at radius 3 is 1.24 bits per heavy atom. The monoisotopic (exact) mass is 438 g/mol. The lowest BCUT2D eigenvalue weighted by atomic mass is 9.86. The average Bonchev–Trinajstić information content (AvgIpc) is 2.94. The molecule has 2 nitrogen and oxygen atoms in total. The van der Waals surface area contributed by atoms with Crippen molar-refractivity contribution in [1.82, 2.24) is 0 Å². The van der Waals surface area contributed by atoms with Crippen LogP contribution in [0.25, 0.3) is 0 Å². The lowest BCUT2D eigenvalue weighted by Crippen LogP contribution is -2.37. The van der Waals surface area contributed by atoms with Crippen LogP contribution in [0.4, 0.5) is 0 Å². The van der Waals surface area contributed by atoms with E-state index in [1.807, 2.05) is 0 Å². The number of rotatable bonds is 6. The van der Waals surface area contributed by atoms with Crippen molar-refractivity contribution in [2.45, 2.75) is 92.4 Å². The first kappa shape index (κ1) is 24.9. The second kappa shape index (κ2) is 8.31. The molecule has 1 heterocycles. The standard InChI is InChI=1S/C25H44O2P2/c1-22(2,3)15-24(7,8)28(11)20-13-18-19(27-17-26-18)14-21(20)29(12)25(9,10)16-23(4,5)6/h13-14H,15-17H2,1-12H3/t28-,29-/m1/s1. The summed E-state index contributed by atoms with van der Waals surface area (Å²) in [6.45, 7) is 29.3. The summed E-state index contributed by atoms with van der Waals surface area (Å²) in [6, 6.07) is 4.64. The molecule has 1 aliphatic rings. The summed E-state index contributed by atoms with van der Waals surface area (Å²) in [4.78, 5) is 0. The van der Waals surface area contributed by atoms with Gasteiger partial charge in [-0.25, -0.2) is 0 Å². The lowest BCUT2D eigenvalue weighted by molar-refractivity contribution is 0.174. The highest BCUT2D eigenvalue weighted by atomic mass is 31.1. The molecule has 1 aromatic rings. The maximum Gasteiger partial charge on any atom is 0.231 e. The molecular weight excluding hydrogens is 394 g/mol. The second-order valence-corrected chi connectivity index (χ2v) is 18.0. The minimum atomic E-state index is -0.343. The maximum atomic E-state index is 5.80. The SMILES string of the molecule is C[P@](c1cc2c(cc1[P@@](C)C(C)(C)CC(C)(C)C)OCO2)C(C)(C)CC(C)(C)C. The van der Waals surface area contributed by atoms with E-state index in [0.717, 1.165) is 11.5 Å². The summed E-state index contributed by atoms with van der Waals surface area (Å²) in [5.74, 6) is 1.86. The summed E-state index contributed by atoms with van der Waals surface area (Å²) in [5, 5.41) is 3.57. The highest BCUT2D eigenvalue weighted by Gasteiger charge is 2.38. The third-order valence-corrected chi connectivity index (χ3v) is 12.2. The molecule has 0 aromatic heterocycles. The van der Waals surface area contributed by atoms with Gasteiger partial charge in [0, 0.05) is 0 Å². The number of fused-ring (bicyclic) bond motifs is 1. The Hall–Kier alpha value is -0.320. The molecule has 0 N–H and O–H groups in total. The van der Waals surface area contributed by atoms with E-state index >= 15 is 0 Å². The molecule has 0 saturated heterocycles. The van der Waals surface area contributed by atoms with Crippen LogP contribution in [0, 0.1) is 10.8 Å². The largest absolute Gasteiger partial charge is 0.454 e. The molecule has 0 unspecified atom stereocenters. The number of benzene rings is 1. The van der Waals surface area contributed by atoms with Gasteiger partial charge in [0.25, 0.3) is 0 Å². The van der Waals surface area contributed by atoms with Crippen LogP contribution in [0.15, 0.2) is 12.1 Å². The fraction of sp³-hybridized carbons (Fsp3) is 0.760. The molecule has 0 radical (unpaired) electrons. The van der Waals surface area contributed by atoms with Crippen LogP contribution in [0.1, 0.15) is 82.1 Å². The van der Waals surface area contributed by atoms with E-state index < -0.39 is 0 Å². The highest BCUT2D eigenvalue weighted by molar-refractivity contribution is 7.72. The van der Waals surface area contributed by atoms with Crippen molar-refractivity contribution in [1.29, 1.82) is 0 Å². The Morgan fingerprint density at radius 2 is 0.966 bits per heavy atom. The van der Waals surface area contributed by atoms with Gasteiger partial charge in [0.15, 0.2) is 11.5 Å². The van der Waals surface area contributed by atoms with E-state index in [9.17, 15) is 0 Å². The molecule has 2 rings (SSSR count). The Labute approximate surface area is 183 Å². The predicted octanol–water partition coefficient (Wildman–Crippen LogP) is 7.32. The van der Waals surface area contributed by atoms with E-state index in [2.05, 4.69) is 94.7 Å². The molecule has 0 saturated carbocycles. The first-order chi connectivity index (χ1) is 12.9. The highest BCUT2D eigenvalue weighted by Crippen LogP contribution is 2.56. The van der Waals surface area contributed by atoms with E-state index in [1.54, 1.807) is 0 Å². The van der Waals surface area contributed by atoms with Gasteiger partial charge in [-0.1, -0.05) is 85.1 Å². The quantitative estimate of drug-likeness (QED) is 0.433. The minimum absolute atomic E-state index is 0.264. The summed E-state index contributed by atoms with van der Waals surface area (Å²) in [6.07, 6.45) is 2.42. The Kier molecular flexibility index (Phi) is 7.15. The summed E-state index contributed by atoms with van der Waals surface area (Å²) < 4.78 is 11.6. The maximum absolute atomic E-state index is 5.80. The fourth-order valence-corrected chi connectivity index (χ4v) is 10.0. The summed E-state index contributed by atoms with van der Waals surface area (Å²) >= 11 is 0. The van der Waals surface area contributed by atoms with Crippen LogP contribution >= 0.6 is 15.8 Å². The van der Waals surface area contributed by atoms with E-state index in [4.69, 9.17) is 9.47 Å². The van der Waals surface area contributed by atoms with Crippen molar-refractivity contribution < 1.29 is 9.47 Å². The van der Waals surface area contributed by atoms with Crippen LogP contribution in [-0.2, 0) is 0 Å². The van der Waals surface area contributed by atoms with Crippen molar-refractivity contribution in [3.05, 3.63) is 12.1 Å². The first-order valence-corrected chi connectivity index (χ1v) is 14.4. The molecule has 0 aliphatic carbocycles. The molecule has 4 heteroatoms. The molecule has 1 aliphatic heterocycles. The van der Waals surface area contributed by atoms with E-state index in [-0.39, 0.29) is 26.2 Å². The lowest BCUT2D eigenvalue weighted by Gasteiger charge is -2.42. The van der Waals surface area contributed by atoms with Gasteiger partial charge in [-0.2, -0.15) is 0 Å². The van der Waals surface area contributed by atoms with Gasteiger partial charge in [-0.05, 0) is 70.1 Å². The zero-order valence-corrected chi connectivity index (χ0v) is 22.8. The molecule has 0 amide bonds. The van der Waals surface area contributed by atoms with E-state index in [0.29, 0.717) is 17.6 Å². The number of hydrogen-bond donors (Lipinski definition) is 0. The van der Waals surface area contributed by atoms with Crippen molar-refractivity contribution >= 4 is 26.5 Å². The second-order valence-electron chi connectivity index (χ2n) is 12.4. The fourth-order valence-electron chi connectivity index (χ4n) is 4.94. The van der Waals surface area contributed by atoms with Crippen LogP contribution in [0.2, 0.25) is 0 Å². The smallest absolute Gasteiger partial charge is 0.231 e. The normalized spacial score (nSPS) is 17.4. The molecule has 0 fully saturated rings. The minimum Gasteiger partial charge on any atom is -0.454 e. The van der Waals surface area contributed by atoms with Gasteiger partial charge in [-0.3, -0.25) is 0 Å². The molecular formula is C25H44O2P2. The van der Waals surface area contributed by atoms with Crippen LogP contribution in [0.5, 0.6) is 11.5 Å². The zero-order valence-electron chi connectivity index (χ0n) is 21.0. The molecule has 0 spiro atoms. The Balaban J connectivity index is 2.53. The first-order valence-electron chi connectivity index (χ1n) is 10.8. The number of ether oxygens (including phenoxy) is 2. The van der Waals surface area contributed by atoms with Crippen LogP contribution < -0.4 is 20.1 Å². The Morgan fingerprint density at radius 1 is 0.655 bits per heavy atom. The zero-order chi connectivity index (χ0) is 22.4. The molecule has 1 aromatic carbocycles. The van der Waals surface area contributed by atoms with Gasteiger partial charge in [0.1, 0.15) is 0 Å². The van der Waals surface area contributed by atoms with Gasteiger partial charge in [-0.15, -0.1) is 0 Å². The average molecular weight is 439 g/mol. The molecule has 166 valence electrons. The Bertz CT molecular complexity index is 663. The summed E-state index contributed by atoms with van der Waals surface area (Å²) in [5.41, 5.74) is 0.637. The van der Waals surface area contributed by atoms with Gasteiger partial charge in [0.2, 0.25) is 6.79 Å². The molecule has 29 heavy (non-hydrogen) atoms. The van der Waals surface area contributed by atoms with Crippen molar-refractivity contribution in [3.8, 4) is 11.5 Å². The van der Waals surface area contributed by atoms with Crippen LogP contribution in [-0.4, -0.2) is 30.4 Å². The van der Waals surface area contributed by atoms with Crippen molar-refractivity contribution in [2.75, 3.05) is 20.1 Å². The van der Waals surface area contributed by atoms with Crippen molar-refractivity contribution in [2.24, 2.45) is 10.8 Å². The van der Waals surface area contributed by atoms with Crippen molar-refractivity contribution in [3.63, 3.8) is 0 Å². The predicted molar refractivity (Wildman–Crippen MR) is 134 cm³/mol. The van der Waals surface area contributed by atoms with Crippen LogP contribution in [0.3, 0.4) is 0 Å². The van der Waals surface area contributed by atoms with Gasteiger partial charge >= 0.3 is 0 Å². The third-order valence-electron chi connectivity index (χ3n) is 5.93. The topological polar surface area (TPSA) is 18.5 Å². The summed E-state index contributed by atoms with van der Waals surface area (Å²) in [7, 11) is -0.685. The van der Waals surface area contributed by atoms with Gasteiger partial charge in [0.05, 0.1) is 0 Å². The molecule has 0 bridgehead atoms. The molecule has 2 atom stereocenters. The van der Waals surface area contributed by atoms with E-state index in [1.165, 1.54) is 23.5 Å². The number of hydrogen-bond acceptors (Lipinski definition) is 2. The van der Waals surface area contributed by atoms with Gasteiger partial charge < -0.3 is 9.47 Å². The third kappa shape index (κ3) is 6.33.